The summed E-state index contributed by atoms with van der Waals surface area (Å²) in [4.78, 5) is 36.4. The molecule has 0 radical (unpaired) electrons. The molecule has 7 heteroatoms. The lowest BCUT2D eigenvalue weighted by Crippen LogP contribution is -2.38. The van der Waals surface area contributed by atoms with Crippen molar-refractivity contribution in [3.63, 3.8) is 0 Å². The molecule has 2 atom stereocenters. The number of hydrogen-bond donors (Lipinski definition) is 2. The third-order valence-electron chi connectivity index (χ3n) is 7.24. The summed E-state index contributed by atoms with van der Waals surface area (Å²) in [5, 5.41) is 2.22. The molecule has 2 unspecified atom stereocenters. The minimum atomic E-state index is -0.502. The molecule has 6 rings (SSSR count). The molecule has 0 spiro atoms. The van der Waals surface area contributed by atoms with Gasteiger partial charge < -0.3 is 24.5 Å². The Bertz CT molecular complexity index is 1430. The molecule has 2 aliphatic heterocycles. The standard InChI is InChI=1S/C28H30N4O3/c1-28(2,3)35-27(34)32-15-19-13-31(14-20(19)16-32)26(33)23-7-6-21(22-9-11-30-25(22)23)18-5-4-17-8-10-29-24(17)12-18/h4-12,19-20,29-30H,13-16H2,1-3H3. The van der Waals surface area contributed by atoms with Crippen molar-refractivity contribution in [2.24, 2.45) is 11.8 Å². The number of H-pyrrole nitrogens is 2. The minimum absolute atomic E-state index is 0.0436. The molecule has 2 saturated heterocycles. The van der Waals surface area contributed by atoms with Crippen molar-refractivity contribution < 1.29 is 14.3 Å². The second-order valence-corrected chi connectivity index (χ2v) is 10.8. The molecule has 0 aliphatic carbocycles. The van der Waals surface area contributed by atoms with Crippen molar-refractivity contribution in [1.29, 1.82) is 0 Å². The van der Waals surface area contributed by atoms with Crippen molar-refractivity contribution in [3.8, 4) is 11.1 Å². The molecule has 2 N–H and O–H groups in total. The van der Waals surface area contributed by atoms with Crippen LogP contribution in [0.1, 0.15) is 31.1 Å². The Morgan fingerprint density at radius 1 is 0.886 bits per heavy atom. The highest BCUT2D eigenvalue weighted by molar-refractivity contribution is 6.10. The van der Waals surface area contributed by atoms with E-state index in [0.717, 1.165) is 27.5 Å². The summed E-state index contributed by atoms with van der Waals surface area (Å²) in [6.07, 6.45) is 3.58. The number of nitrogens with zero attached hydrogens (tertiary/aromatic N) is 2. The number of likely N-dealkylation sites (tertiary alicyclic amines) is 2. The van der Waals surface area contributed by atoms with Crippen LogP contribution in [0, 0.1) is 11.8 Å². The van der Waals surface area contributed by atoms with Crippen molar-refractivity contribution in [1.82, 2.24) is 19.8 Å². The Morgan fingerprint density at radius 3 is 2.34 bits per heavy atom. The summed E-state index contributed by atoms with van der Waals surface area (Å²) in [6, 6.07) is 14.5. The normalized spacial score (nSPS) is 20.1. The van der Waals surface area contributed by atoms with Crippen LogP contribution < -0.4 is 0 Å². The third kappa shape index (κ3) is 3.85. The number of fused-ring (bicyclic) bond motifs is 3. The van der Waals surface area contributed by atoms with Gasteiger partial charge in [0.05, 0.1) is 11.1 Å². The largest absolute Gasteiger partial charge is 0.444 e. The first-order valence-electron chi connectivity index (χ1n) is 12.2. The molecule has 35 heavy (non-hydrogen) atoms. The van der Waals surface area contributed by atoms with E-state index in [0.29, 0.717) is 31.7 Å². The van der Waals surface area contributed by atoms with Crippen LogP contribution >= 0.6 is 0 Å². The average Bonchev–Trinajstić information content (AvgIpc) is 3.59. The highest BCUT2D eigenvalue weighted by Crippen LogP contribution is 2.36. The lowest BCUT2D eigenvalue weighted by molar-refractivity contribution is 0.0275. The van der Waals surface area contributed by atoms with Crippen LogP contribution in [0.2, 0.25) is 0 Å². The quantitative estimate of drug-likeness (QED) is 0.420. The van der Waals surface area contributed by atoms with Gasteiger partial charge in [0.2, 0.25) is 0 Å². The highest BCUT2D eigenvalue weighted by Gasteiger charge is 2.44. The number of carbonyl (C=O) groups is 2. The fourth-order valence-corrected chi connectivity index (χ4v) is 5.61. The van der Waals surface area contributed by atoms with Gasteiger partial charge in [0.15, 0.2) is 0 Å². The van der Waals surface area contributed by atoms with E-state index in [1.165, 1.54) is 5.39 Å². The van der Waals surface area contributed by atoms with Crippen LogP contribution in [0.3, 0.4) is 0 Å². The van der Waals surface area contributed by atoms with Gasteiger partial charge in [-0.05, 0) is 61.5 Å². The number of ether oxygens (including phenoxy) is 1. The fourth-order valence-electron chi connectivity index (χ4n) is 5.61. The zero-order valence-corrected chi connectivity index (χ0v) is 20.3. The number of benzene rings is 2. The Kier molecular flexibility index (Phi) is 4.91. The van der Waals surface area contributed by atoms with Crippen LogP contribution in [-0.2, 0) is 4.74 Å². The molecule has 4 heterocycles. The molecular formula is C28H30N4O3. The Hall–Kier alpha value is -3.74. The average molecular weight is 471 g/mol. The number of amides is 2. The van der Waals surface area contributed by atoms with E-state index in [9.17, 15) is 9.59 Å². The van der Waals surface area contributed by atoms with Crippen LogP contribution in [-0.4, -0.2) is 63.5 Å². The first-order valence-corrected chi connectivity index (χ1v) is 12.2. The van der Waals surface area contributed by atoms with Crippen molar-refractivity contribution in [2.75, 3.05) is 26.2 Å². The fraction of sp³-hybridized carbons (Fsp3) is 0.357. The van der Waals surface area contributed by atoms with Gasteiger partial charge in [-0.3, -0.25) is 4.79 Å². The lowest BCUT2D eigenvalue weighted by Gasteiger charge is -2.26. The number of nitrogens with one attached hydrogen (secondary N) is 2. The monoisotopic (exact) mass is 470 g/mol. The van der Waals surface area contributed by atoms with Gasteiger partial charge in [-0.15, -0.1) is 0 Å². The minimum Gasteiger partial charge on any atom is -0.444 e. The number of rotatable bonds is 2. The number of aromatic nitrogens is 2. The van der Waals surface area contributed by atoms with Crippen LogP contribution in [0.15, 0.2) is 54.9 Å². The summed E-state index contributed by atoms with van der Waals surface area (Å²) >= 11 is 0. The molecule has 7 nitrogen and oxygen atoms in total. The van der Waals surface area contributed by atoms with E-state index in [-0.39, 0.29) is 23.8 Å². The first-order chi connectivity index (χ1) is 16.8. The second-order valence-electron chi connectivity index (χ2n) is 10.8. The Balaban J connectivity index is 1.21. The Morgan fingerprint density at radius 2 is 1.60 bits per heavy atom. The highest BCUT2D eigenvalue weighted by atomic mass is 16.6. The summed E-state index contributed by atoms with van der Waals surface area (Å²) in [6.45, 7) is 8.25. The molecule has 2 aliphatic rings. The van der Waals surface area contributed by atoms with E-state index in [4.69, 9.17) is 4.74 Å². The van der Waals surface area contributed by atoms with E-state index >= 15 is 0 Å². The molecule has 2 aromatic carbocycles. The molecular weight excluding hydrogens is 440 g/mol. The lowest BCUT2D eigenvalue weighted by atomic mass is 9.98. The molecule has 2 aromatic heterocycles. The van der Waals surface area contributed by atoms with Crippen molar-refractivity contribution in [3.05, 3.63) is 60.4 Å². The maximum absolute atomic E-state index is 13.6. The maximum atomic E-state index is 13.6. The molecule has 2 amide bonds. The summed E-state index contributed by atoms with van der Waals surface area (Å²) in [5.41, 5.74) is 4.36. The number of hydrogen-bond acceptors (Lipinski definition) is 3. The summed E-state index contributed by atoms with van der Waals surface area (Å²) in [7, 11) is 0. The second kappa shape index (κ2) is 7.90. The van der Waals surface area contributed by atoms with Crippen LogP contribution in [0.4, 0.5) is 4.79 Å². The predicted molar refractivity (Wildman–Crippen MR) is 136 cm³/mol. The van der Waals surface area contributed by atoms with Crippen molar-refractivity contribution >= 4 is 33.8 Å². The van der Waals surface area contributed by atoms with Gasteiger partial charge in [-0.25, -0.2) is 4.79 Å². The predicted octanol–water partition coefficient (Wildman–Crippen LogP) is 5.26. The van der Waals surface area contributed by atoms with Gasteiger partial charge in [0.25, 0.3) is 5.91 Å². The van der Waals surface area contributed by atoms with Gasteiger partial charge in [0, 0.05) is 61.3 Å². The maximum Gasteiger partial charge on any atom is 0.410 e. The summed E-state index contributed by atoms with van der Waals surface area (Å²) in [5.74, 6) is 0.622. The van der Waals surface area contributed by atoms with Crippen molar-refractivity contribution in [2.45, 2.75) is 26.4 Å². The zero-order valence-electron chi connectivity index (χ0n) is 20.3. The van der Waals surface area contributed by atoms with E-state index in [2.05, 4.69) is 40.3 Å². The van der Waals surface area contributed by atoms with Gasteiger partial charge in [-0.1, -0.05) is 18.2 Å². The number of carbonyl (C=O) groups excluding carboxylic acids is 2. The van der Waals surface area contributed by atoms with E-state index in [1.54, 1.807) is 4.90 Å². The van der Waals surface area contributed by atoms with Gasteiger partial charge >= 0.3 is 6.09 Å². The van der Waals surface area contributed by atoms with Crippen LogP contribution in [0.25, 0.3) is 32.9 Å². The molecule has 4 aromatic rings. The SMILES string of the molecule is CC(C)(C)OC(=O)N1CC2CN(C(=O)c3ccc(-c4ccc5cc[nH]c5c4)c4cc[nH]c34)CC2C1. The first kappa shape index (κ1) is 21.8. The van der Waals surface area contributed by atoms with Gasteiger partial charge in [0.1, 0.15) is 5.60 Å². The Labute approximate surface area is 204 Å². The van der Waals surface area contributed by atoms with E-state index in [1.807, 2.05) is 50.2 Å². The van der Waals surface area contributed by atoms with Gasteiger partial charge in [-0.2, -0.15) is 0 Å². The number of aromatic amines is 2. The summed E-state index contributed by atoms with van der Waals surface area (Å²) < 4.78 is 5.54. The van der Waals surface area contributed by atoms with Crippen LogP contribution in [0.5, 0.6) is 0 Å². The molecule has 0 bridgehead atoms. The third-order valence-corrected chi connectivity index (χ3v) is 7.24. The molecule has 2 fully saturated rings. The molecule has 0 saturated carbocycles. The van der Waals surface area contributed by atoms with E-state index < -0.39 is 5.60 Å². The molecule has 180 valence electrons. The zero-order chi connectivity index (χ0) is 24.3. The smallest absolute Gasteiger partial charge is 0.410 e. The topological polar surface area (TPSA) is 81.4 Å².